The van der Waals surface area contributed by atoms with Crippen molar-refractivity contribution in [3.8, 4) is 0 Å². The van der Waals surface area contributed by atoms with Crippen LogP contribution in [0.15, 0.2) is 97.2 Å². The molecule has 0 radical (unpaired) electrons. The van der Waals surface area contributed by atoms with Crippen LogP contribution in [0.25, 0.3) is 0 Å². The highest BCUT2D eigenvalue weighted by Gasteiger charge is 2.24. The van der Waals surface area contributed by atoms with E-state index in [0.717, 1.165) is 83.5 Å². The first kappa shape index (κ1) is 57.8. The molecule has 3 N–H and O–H groups in total. The molecule has 0 aromatic heterocycles. The lowest BCUT2D eigenvalue weighted by Gasteiger charge is -2.24. The summed E-state index contributed by atoms with van der Waals surface area (Å²) in [5.41, 5.74) is 0. The quantitative estimate of drug-likeness (QED) is 0.0323. The summed E-state index contributed by atoms with van der Waals surface area (Å²) in [5, 5.41) is 23.7. The van der Waals surface area contributed by atoms with Gasteiger partial charge in [0.25, 0.3) is 0 Å². The molecule has 61 heavy (non-hydrogen) atoms. The number of ether oxygens (including phenoxy) is 1. The molecule has 348 valence electrons. The van der Waals surface area contributed by atoms with Gasteiger partial charge in [-0.3, -0.25) is 9.59 Å². The summed E-state index contributed by atoms with van der Waals surface area (Å²) in [5.74, 6) is -0.578. The molecule has 0 aliphatic carbocycles. The predicted molar refractivity (Wildman–Crippen MR) is 264 cm³/mol. The molecule has 0 saturated heterocycles. The molecule has 3 unspecified atom stereocenters. The van der Waals surface area contributed by atoms with Crippen molar-refractivity contribution in [3.63, 3.8) is 0 Å². The Bertz CT molecular complexity index is 1220. The molecule has 1 amide bonds. The van der Waals surface area contributed by atoms with Gasteiger partial charge in [0.1, 0.15) is 6.10 Å². The molecule has 0 aromatic rings. The highest BCUT2D eigenvalue weighted by atomic mass is 16.5. The van der Waals surface area contributed by atoms with E-state index in [0.29, 0.717) is 19.3 Å². The SMILES string of the molecule is CC/C=C/C=C/C=C\C=C/C=C/CCCC(CC(=O)NC(CO)C(O)CCCCCCCCCCCCCCCCCC)OC(=O)CCCCCCC\C=C/C=C/C=C/CC. The van der Waals surface area contributed by atoms with E-state index in [1.54, 1.807) is 0 Å². The Morgan fingerprint density at radius 1 is 0.492 bits per heavy atom. The normalized spacial score (nSPS) is 14.1. The number of carbonyl (C=O) groups excluding carboxylic acids is 2. The number of rotatable bonds is 43. The molecule has 0 fully saturated rings. The minimum atomic E-state index is -0.815. The van der Waals surface area contributed by atoms with Gasteiger partial charge in [-0.2, -0.15) is 0 Å². The third-order valence-corrected chi connectivity index (χ3v) is 10.8. The molecule has 6 heteroatoms. The molecule has 0 bridgehead atoms. The Balaban J connectivity index is 4.68. The van der Waals surface area contributed by atoms with E-state index in [2.05, 4.69) is 74.7 Å². The predicted octanol–water partition coefficient (Wildman–Crippen LogP) is 14.9. The van der Waals surface area contributed by atoms with Crippen LogP contribution in [0.1, 0.15) is 213 Å². The minimum absolute atomic E-state index is 0.0149. The molecular weight excluding hydrogens is 755 g/mol. The number of carbonyl (C=O) groups is 2. The summed E-state index contributed by atoms with van der Waals surface area (Å²) >= 11 is 0. The lowest BCUT2D eigenvalue weighted by atomic mass is 10.0. The lowest BCUT2D eigenvalue weighted by molar-refractivity contribution is -0.151. The lowest BCUT2D eigenvalue weighted by Crippen LogP contribution is -2.46. The number of unbranched alkanes of at least 4 members (excludes halogenated alkanes) is 21. The van der Waals surface area contributed by atoms with Gasteiger partial charge < -0.3 is 20.3 Å². The number of allylic oxidation sites excluding steroid dienone is 16. The molecule has 0 rings (SSSR count). The van der Waals surface area contributed by atoms with Crippen LogP contribution >= 0.6 is 0 Å². The number of aliphatic hydroxyl groups is 2. The van der Waals surface area contributed by atoms with Crippen molar-refractivity contribution >= 4 is 11.9 Å². The monoisotopic (exact) mass is 848 g/mol. The van der Waals surface area contributed by atoms with E-state index in [1.165, 1.54) is 83.5 Å². The summed E-state index contributed by atoms with van der Waals surface area (Å²) in [7, 11) is 0. The van der Waals surface area contributed by atoms with E-state index >= 15 is 0 Å². The van der Waals surface area contributed by atoms with E-state index in [-0.39, 0.29) is 24.9 Å². The Morgan fingerprint density at radius 2 is 0.902 bits per heavy atom. The summed E-state index contributed by atoms with van der Waals surface area (Å²) < 4.78 is 5.87. The second kappa shape index (κ2) is 47.8. The Hall–Kier alpha value is -3.22. The number of hydrogen-bond acceptors (Lipinski definition) is 5. The van der Waals surface area contributed by atoms with Crippen LogP contribution in [0.5, 0.6) is 0 Å². The Labute approximate surface area is 376 Å². The first-order chi connectivity index (χ1) is 30.0. The smallest absolute Gasteiger partial charge is 0.306 e. The zero-order valence-corrected chi connectivity index (χ0v) is 39.5. The van der Waals surface area contributed by atoms with Crippen molar-refractivity contribution in [3.05, 3.63) is 97.2 Å². The van der Waals surface area contributed by atoms with Crippen LogP contribution in [0.2, 0.25) is 0 Å². The standard InChI is InChI=1S/C55H93NO5/c1-4-7-10-13-16-19-22-25-26-27-30-32-35-38-41-44-47-53(58)52(50-57)56-54(59)49-51(46-43-40-37-34-31-28-23-20-17-14-11-8-5-2)61-55(60)48-45-42-39-36-33-29-24-21-18-15-12-9-6-3/h8-9,11-12,14-15,17-18,20-21,23-24,28,31,34,37,51-53,57-58H,4-7,10,13,16,19,22,25-27,29-30,32-33,35-36,38-50H2,1-3H3,(H,56,59)/b11-8+,12-9+,17-14+,18-15+,23-20-,24-21-,31-28-,37-34+. The van der Waals surface area contributed by atoms with Gasteiger partial charge in [0, 0.05) is 6.42 Å². The zero-order chi connectivity index (χ0) is 44.5. The van der Waals surface area contributed by atoms with E-state index in [9.17, 15) is 19.8 Å². The maximum atomic E-state index is 13.2. The van der Waals surface area contributed by atoms with Gasteiger partial charge in [-0.1, -0.05) is 240 Å². The van der Waals surface area contributed by atoms with Crippen LogP contribution in [0.3, 0.4) is 0 Å². The molecule has 0 aromatic carbocycles. The summed E-state index contributed by atoms with van der Waals surface area (Å²) in [4.78, 5) is 26.1. The van der Waals surface area contributed by atoms with Crippen molar-refractivity contribution < 1.29 is 24.5 Å². The molecule has 0 aliphatic rings. The van der Waals surface area contributed by atoms with Crippen molar-refractivity contribution in [2.45, 2.75) is 232 Å². The van der Waals surface area contributed by atoms with Crippen LogP contribution < -0.4 is 5.32 Å². The fraction of sp³-hybridized carbons (Fsp3) is 0.673. The molecule has 0 aliphatic heterocycles. The molecule has 0 spiro atoms. The summed E-state index contributed by atoms with van der Waals surface area (Å²) in [6.07, 6.45) is 63.3. The fourth-order valence-electron chi connectivity index (χ4n) is 7.10. The number of amides is 1. The third kappa shape index (κ3) is 43.2. The number of nitrogens with one attached hydrogen (secondary N) is 1. The van der Waals surface area contributed by atoms with Crippen molar-refractivity contribution in [2.24, 2.45) is 0 Å². The highest BCUT2D eigenvalue weighted by molar-refractivity contribution is 5.77. The van der Waals surface area contributed by atoms with Gasteiger partial charge >= 0.3 is 5.97 Å². The zero-order valence-electron chi connectivity index (χ0n) is 39.5. The first-order valence-electron chi connectivity index (χ1n) is 25.1. The first-order valence-corrected chi connectivity index (χ1v) is 25.1. The van der Waals surface area contributed by atoms with Gasteiger partial charge in [0.15, 0.2) is 0 Å². The van der Waals surface area contributed by atoms with E-state index in [1.807, 2.05) is 48.6 Å². The second-order valence-electron chi connectivity index (χ2n) is 16.6. The largest absolute Gasteiger partial charge is 0.462 e. The summed E-state index contributed by atoms with van der Waals surface area (Å²) in [6, 6.07) is -0.734. The maximum absolute atomic E-state index is 13.2. The molecule has 0 heterocycles. The van der Waals surface area contributed by atoms with Crippen LogP contribution in [-0.4, -0.2) is 46.9 Å². The van der Waals surface area contributed by atoms with Gasteiger partial charge in [-0.15, -0.1) is 0 Å². The Morgan fingerprint density at radius 3 is 1.38 bits per heavy atom. The van der Waals surface area contributed by atoms with E-state index < -0.39 is 18.2 Å². The molecular formula is C55H93NO5. The van der Waals surface area contributed by atoms with Crippen molar-refractivity contribution in [2.75, 3.05) is 6.61 Å². The van der Waals surface area contributed by atoms with Crippen LogP contribution in [0.4, 0.5) is 0 Å². The summed E-state index contributed by atoms with van der Waals surface area (Å²) in [6.45, 7) is 6.17. The van der Waals surface area contributed by atoms with Crippen molar-refractivity contribution in [1.29, 1.82) is 0 Å². The maximum Gasteiger partial charge on any atom is 0.306 e. The van der Waals surface area contributed by atoms with E-state index in [4.69, 9.17) is 4.74 Å². The van der Waals surface area contributed by atoms with Gasteiger partial charge in [0.05, 0.1) is 25.2 Å². The van der Waals surface area contributed by atoms with Gasteiger partial charge in [-0.05, 0) is 57.8 Å². The highest BCUT2D eigenvalue weighted by Crippen LogP contribution is 2.17. The average molecular weight is 848 g/mol. The topological polar surface area (TPSA) is 95.9 Å². The molecule has 6 nitrogen and oxygen atoms in total. The Kier molecular flexibility index (Phi) is 45.3. The minimum Gasteiger partial charge on any atom is -0.462 e. The molecule has 3 atom stereocenters. The van der Waals surface area contributed by atoms with Gasteiger partial charge in [0.2, 0.25) is 5.91 Å². The van der Waals surface area contributed by atoms with Crippen molar-refractivity contribution in [1.82, 2.24) is 5.32 Å². The molecule has 0 saturated carbocycles. The van der Waals surface area contributed by atoms with Crippen LogP contribution in [-0.2, 0) is 14.3 Å². The number of aliphatic hydroxyl groups excluding tert-OH is 2. The van der Waals surface area contributed by atoms with Gasteiger partial charge in [-0.25, -0.2) is 0 Å². The number of esters is 1. The van der Waals surface area contributed by atoms with Crippen LogP contribution in [0, 0.1) is 0 Å². The average Bonchev–Trinajstić information content (AvgIpc) is 3.25. The third-order valence-electron chi connectivity index (χ3n) is 10.8. The number of hydrogen-bond donors (Lipinski definition) is 3. The fourth-order valence-corrected chi connectivity index (χ4v) is 7.10. The second-order valence-corrected chi connectivity index (χ2v) is 16.6.